The SMILES string of the molecule is CCC(CC)C(=O)Nc1ccccc1S(=O)(=O)N(CC)c1ccccc1. The van der Waals surface area contributed by atoms with E-state index in [9.17, 15) is 13.2 Å². The molecular weight excluding hydrogens is 348 g/mol. The summed E-state index contributed by atoms with van der Waals surface area (Å²) in [5, 5.41) is 2.80. The third-order valence-electron chi connectivity index (χ3n) is 4.40. The molecule has 0 aromatic heterocycles. The topological polar surface area (TPSA) is 66.5 Å². The second-order valence-corrected chi connectivity index (χ2v) is 7.83. The van der Waals surface area contributed by atoms with E-state index in [-0.39, 0.29) is 16.7 Å². The fourth-order valence-corrected chi connectivity index (χ4v) is 4.52. The highest BCUT2D eigenvalue weighted by Gasteiger charge is 2.27. The van der Waals surface area contributed by atoms with Crippen LogP contribution in [0.4, 0.5) is 11.4 Å². The van der Waals surface area contributed by atoms with Gasteiger partial charge in [0.25, 0.3) is 10.0 Å². The van der Waals surface area contributed by atoms with Crippen LogP contribution in [0, 0.1) is 5.92 Å². The smallest absolute Gasteiger partial charge is 0.266 e. The summed E-state index contributed by atoms with van der Waals surface area (Å²) in [6.45, 7) is 5.98. The summed E-state index contributed by atoms with van der Waals surface area (Å²) in [5.74, 6) is -0.289. The molecule has 0 radical (unpaired) electrons. The number of sulfonamides is 1. The fraction of sp³-hybridized carbons (Fsp3) is 0.350. The van der Waals surface area contributed by atoms with Gasteiger partial charge >= 0.3 is 0 Å². The van der Waals surface area contributed by atoms with E-state index in [1.165, 1.54) is 10.4 Å². The van der Waals surface area contributed by atoms with Crippen molar-refractivity contribution < 1.29 is 13.2 Å². The second-order valence-electron chi connectivity index (χ2n) is 6.00. The van der Waals surface area contributed by atoms with Gasteiger partial charge in [-0.05, 0) is 44.0 Å². The molecule has 0 aliphatic heterocycles. The third kappa shape index (κ3) is 4.25. The molecule has 0 unspecified atom stereocenters. The number of para-hydroxylation sites is 2. The van der Waals surface area contributed by atoms with Crippen LogP contribution in [0.5, 0.6) is 0 Å². The first-order valence-corrected chi connectivity index (χ1v) is 10.4. The first kappa shape index (κ1) is 20.0. The molecule has 6 heteroatoms. The van der Waals surface area contributed by atoms with Crippen LogP contribution in [0.25, 0.3) is 0 Å². The molecule has 140 valence electrons. The van der Waals surface area contributed by atoms with Crippen molar-refractivity contribution in [3.8, 4) is 0 Å². The van der Waals surface area contributed by atoms with E-state index in [0.717, 1.165) is 0 Å². The maximum absolute atomic E-state index is 13.2. The zero-order valence-electron chi connectivity index (χ0n) is 15.5. The average molecular weight is 375 g/mol. The number of amides is 1. The van der Waals surface area contributed by atoms with Crippen LogP contribution in [0.1, 0.15) is 33.6 Å². The summed E-state index contributed by atoms with van der Waals surface area (Å²) in [4.78, 5) is 12.5. The van der Waals surface area contributed by atoms with Gasteiger partial charge in [0, 0.05) is 12.5 Å². The Morgan fingerprint density at radius 1 is 0.962 bits per heavy atom. The summed E-state index contributed by atoms with van der Waals surface area (Å²) in [5.41, 5.74) is 0.912. The van der Waals surface area contributed by atoms with Crippen molar-refractivity contribution in [1.29, 1.82) is 0 Å². The molecule has 0 heterocycles. The Morgan fingerprint density at radius 3 is 2.12 bits per heavy atom. The Morgan fingerprint density at radius 2 is 1.54 bits per heavy atom. The van der Waals surface area contributed by atoms with Gasteiger partial charge in [-0.15, -0.1) is 0 Å². The summed E-state index contributed by atoms with van der Waals surface area (Å²) in [6.07, 6.45) is 1.42. The fourth-order valence-electron chi connectivity index (χ4n) is 2.89. The van der Waals surface area contributed by atoms with E-state index in [1.54, 1.807) is 49.4 Å². The molecule has 26 heavy (non-hydrogen) atoms. The Labute approximate surface area is 156 Å². The Balaban J connectivity index is 2.43. The molecule has 2 rings (SSSR count). The van der Waals surface area contributed by atoms with Crippen LogP contribution in [0.3, 0.4) is 0 Å². The first-order valence-electron chi connectivity index (χ1n) is 8.93. The average Bonchev–Trinajstić information content (AvgIpc) is 2.64. The van der Waals surface area contributed by atoms with Crippen molar-refractivity contribution in [2.45, 2.75) is 38.5 Å². The summed E-state index contributed by atoms with van der Waals surface area (Å²) in [7, 11) is -3.80. The van der Waals surface area contributed by atoms with E-state index < -0.39 is 10.0 Å². The van der Waals surface area contributed by atoms with Crippen molar-refractivity contribution in [3.05, 3.63) is 54.6 Å². The van der Waals surface area contributed by atoms with E-state index in [1.807, 2.05) is 19.9 Å². The van der Waals surface area contributed by atoms with Crippen LogP contribution < -0.4 is 9.62 Å². The number of carbonyl (C=O) groups is 1. The highest BCUT2D eigenvalue weighted by molar-refractivity contribution is 7.93. The molecular formula is C20H26N2O3S. The Kier molecular flexibility index (Phi) is 6.80. The van der Waals surface area contributed by atoms with Gasteiger partial charge in [-0.1, -0.05) is 44.2 Å². The molecule has 1 amide bonds. The lowest BCUT2D eigenvalue weighted by molar-refractivity contribution is -0.120. The van der Waals surface area contributed by atoms with Crippen LogP contribution in [-0.4, -0.2) is 20.9 Å². The molecule has 2 aromatic rings. The van der Waals surface area contributed by atoms with Crippen molar-refractivity contribution in [2.75, 3.05) is 16.2 Å². The normalized spacial score (nSPS) is 11.4. The van der Waals surface area contributed by atoms with E-state index >= 15 is 0 Å². The summed E-state index contributed by atoms with van der Waals surface area (Å²) in [6, 6.07) is 15.5. The third-order valence-corrected chi connectivity index (χ3v) is 6.36. The quantitative estimate of drug-likeness (QED) is 0.750. The predicted octanol–water partition coefficient (Wildman–Crippen LogP) is 4.28. The molecule has 5 nitrogen and oxygen atoms in total. The number of benzene rings is 2. The summed E-state index contributed by atoms with van der Waals surface area (Å²) >= 11 is 0. The van der Waals surface area contributed by atoms with Gasteiger partial charge < -0.3 is 5.32 Å². The Bertz CT molecular complexity index is 831. The van der Waals surface area contributed by atoms with E-state index in [4.69, 9.17) is 0 Å². The number of carbonyl (C=O) groups excluding carboxylic acids is 1. The molecule has 0 fully saturated rings. The van der Waals surface area contributed by atoms with Gasteiger partial charge in [0.15, 0.2) is 0 Å². The van der Waals surface area contributed by atoms with E-state index in [2.05, 4.69) is 5.32 Å². The maximum Gasteiger partial charge on any atom is 0.266 e. The summed E-state index contributed by atoms with van der Waals surface area (Å²) < 4.78 is 27.8. The number of nitrogens with zero attached hydrogens (tertiary/aromatic N) is 1. The van der Waals surface area contributed by atoms with Crippen molar-refractivity contribution in [2.24, 2.45) is 5.92 Å². The maximum atomic E-state index is 13.2. The molecule has 0 aliphatic carbocycles. The van der Waals surface area contributed by atoms with Crippen molar-refractivity contribution >= 4 is 27.3 Å². The first-order chi connectivity index (χ1) is 12.5. The molecule has 2 aromatic carbocycles. The lowest BCUT2D eigenvalue weighted by atomic mass is 10.0. The van der Waals surface area contributed by atoms with Crippen LogP contribution in [0.2, 0.25) is 0 Å². The molecule has 0 spiro atoms. The van der Waals surface area contributed by atoms with Crippen molar-refractivity contribution in [1.82, 2.24) is 0 Å². The highest BCUT2D eigenvalue weighted by atomic mass is 32.2. The van der Waals surface area contributed by atoms with Crippen LogP contribution in [-0.2, 0) is 14.8 Å². The van der Waals surface area contributed by atoms with Gasteiger partial charge in [-0.2, -0.15) is 0 Å². The minimum atomic E-state index is -3.80. The zero-order chi connectivity index (χ0) is 19.2. The van der Waals surface area contributed by atoms with Gasteiger partial charge in [0.2, 0.25) is 5.91 Å². The minimum absolute atomic E-state index is 0.102. The largest absolute Gasteiger partial charge is 0.325 e. The van der Waals surface area contributed by atoms with Gasteiger partial charge in [-0.25, -0.2) is 8.42 Å². The predicted molar refractivity (Wildman–Crippen MR) is 106 cm³/mol. The molecule has 1 N–H and O–H groups in total. The minimum Gasteiger partial charge on any atom is -0.325 e. The molecule has 0 bridgehead atoms. The number of anilines is 2. The lowest BCUT2D eigenvalue weighted by Crippen LogP contribution is -2.32. The van der Waals surface area contributed by atoms with Crippen LogP contribution in [0.15, 0.2) is 59.5 Å². The number of rotatable bonds is 8. The standard InChI is InChI=1S/C20H26N2O3S/c1-4-16(5-2)20(23)21-18-14-10-11-15-19(18)26(24,25)22(6-3)17-12-8-7-9-13-17/h7-16H,4-6H2,1-3H3,(H,21,23). The van der Waals surface area contributed by atoms with Gasteiger partial charge in [-0.3, -0.25) is 9.10 Å². The highest BCUT2D eigenvalue weighted by Crippen LogP contribution is 2.29. The van der Waals surface area contributed by atoms with E-state index in [0.29, 0.717) is 30.8 Å². The molecule has 0 saturated carbocycles. The van der Waals surface area contributed by atoms with Crippen LogP contribution >= 0.6 is 0 Å². The molecule has 0 saturated heterocycles. The lowest BCUT2D eigenvalue weighted by Gasteiger charge is -2.24. The molecule has 0 aliphatic rings. The number of hydrogen-bond acceptors (Lipinski definition) is 3. The van der Waals surface area contributed by atoms with Crippen molar-refractivity contribution in [3.63, 3.8) is 0 Å². The number of nitrogens with one attached hydrogen (secondary N) is 1. The van der Waals surface area contributed by atoms with Gasteiger partial charge in [0.05, 0.1) is 11.4 Å². The second kappa shape index (κ2) is 8.85. The van der Waals surface area contributed by atoms with Gasteiger partial charge in [0.1, 0.15) is 4.90 Å². The number of hydrogen-bond donors (Lipinski definition) is 1. The Hall–Kier alpha value is -2.34. The molecule has 0 atom stereocenters. The monoisotopic (exact) mass is 374 g/mol. The zero-order valence-corrected chi connectivity index (χ0v) is 16.3.